The molecule has 0 radical (unpaired) electrons. The van der Waals surface area contributed by atoms with Crippen LogP contribution >= 0.6 is 0 Å². The quantitative estimate of drug-likeness (QED) is 0.787. The first-order valence-electron chi connectivity index (χ1n) is 7.36. The fraction of sp³-hybridized carbons (Fsp3) is 1.00. The lowest BCUT2D eigenvalue weighted by atomic mass is 9.49. The Morgan fingerprint density at radius 1 is 1.06 bits per heavy atom. The summed E-state index contributed by atoms with van der Waals surface area (Å²) in [5.41, 5.74) is 0.477. The van der Waals surface area contributed by atoms with E-state index in [2.05, 4.69) is 19.2 Å². The molecule has 2 heteroatoms. The Labute approximate surface area is 105 Å². The van der Waals surface area contributed by atoms with Crippen molar-refractivity contribution in [3.63, 3.8) is 0 Å². The Balaban J connectivity index is 1.66. The molecule has 0 saturated heterocycles. The summed E-state index contributed by atoms with van der Waals surface area (Å²) in [6.45, 7) is 5.57. The molecule has 2 N–H and O–H groups in total. The van der Waals surface area contributed by atoms with E-state index in [9.17, 15) is 5.11 Å². The van der Waals surface area contributed by atoms with Gasteiger partial charge in [0.05, 0.1) is 6.61 Å². The van der Waals surface area contributed by atoms with Gasteiger partial charge in [0.25, 0.3) is 0 Å². The molecule has 4 bridgehead atoms. The van der Waals surface area contributed by atoms with Gasteiger partial charge in [0.15, 0.2) is 0 Å². The second-order valence-corrected chi connectivity index (χ2v) is 7.81. The van der Waals surface area contributed by atoms with Gasteiger partial charge in [-0.3, -0.25) is 0 Å². The lowest BCUT2D eigenvalue weighted by molar-refractivity contribution is -0.0552. The summed E-state index contributed by atoms with van der Waals surface area (Å²) < 4.78 is 0. The number of aliphatic hydroxyl groups is 1. The number of rotatable bonds is 4. The predicted octanol–water partition coefficient (Wildman–Crippen LogP) is 2.56. The van der Waals surface area contributed by atoms with Gasteiger partial charge in [-0.1, -0.05) is 0 Å². The Kier molecular flexibility index (Phi) is 2.79. The summed E-state index contributed by atoms with van der Waals surface area (Å²) in [5.74, 6) is 3.08. The molecule has 4 rings (SSSR count). The number of aliphatic hydroxyl groups excluding tert-OH is 1. The first-order chi connectivity index (χ1) is 8.00. The molecule has 0 aromatic rings. The van der Waals surface area contributed by atoms with Crippen LogP contribution in [0.5, 0.6) is 0 Å². The maximum Gasteiger partial charge on any atom is 0.0607 e. The maximum absolute atomic E-state index is 9.34. The molecule has 98 valence electrons. The molecular formula is C15H27NO. The molecule has 4 fully saturated rings. The SMILES string of the molecule is CC(C)(CO)NCC12CC3CC(CC(C3)C1)C2. The van der Waals surface area contributed by atoms with Crippen molar-refractivity contribution in [2.45, 2.75) is 57.9 Å². The van der Waals surface area contributed by atoms with Crippen molar-refractivity contribution in [1.29, 1.82) is 0 Å². The van der Waals surface area contributed by atoms with Gasteiger partial charge < -0.3 is 10.4 Å². The molecule has 0 aromatic carbocycles. The van der Waals surface area contributed by atoms with E-state index in [4.69, 9.17) is 0 Å². The molecule has 0 aromatic heterocycles. The van der Waals surface area contributed by atoms with E-state index in [-0.39, 0.29) is 12.1 Å². The van der Waals surface area contributed by atoms with Crippen molar-refractivity contribution in [1.82, 2.24) is 5.32 Å². The lowest BCUT2D eigenvalue weighted by Gasteiger charge is -2.57. The number of hydrogen-bond donors (Lipinski definition) is 2. The highest BCUT2D eigenvalue weighted by atomic mass is 16.3. The second-order valence-electron chi connectivity index (χ2n) is 7.81. The van der Waals surface area contributed by atoms with Crippen LogP contribution in [0.2, 0.25) is 0 Å². The van der Waals surface area contributed by atoms with E-state index >= 15 is 0 Å². The van der Waals surface area contributed by atoms with Gasteiger partial charge in [-0.2, -0.15) is 0 Å². The molecule has 17 heavy (non-hydrogen) atoms. The van der Waals surface area contributed by atoms with Gasteiger partial charge >= 0.3 is 0 Å². The van der Waals surface area contributed by atoms with Gasteiger partial charge in [0, 0.05) is 12.1 Å². The highest BCUT2D eigenvalue weighted by Crippen LogP contribution is 2.59. The highest BCUT2D eigenvalue weighted by molar-refractivity contribution is 5.02. The second kappa shape index (κ2) is 3.96. The van der Waals surface area contributed by atoms with E-state index in [1.165, 1.54) is 38.5 Å². The molecule has 0 aliphatic heterocycles. The molecule has 0 atom stereocenters. The summed E-state index contributed by atoms with van der Waals surface area (Å²) >= 11 is 0. The van der Waals surface area contributed by atoms with E-state index in [1.807, 2.05) is 0 Å². The normalized spacial score (nSPS) is 44.3. The average molecular weight is 237 g/mol. The Morgan fingerprint density at radius 2 is 1.53 bits per heavy atom. The fourth-order valence-corrected chi connectivity index (χ4v) is 4.99. The van der Waals surface area contributed by atoms with Crippen LogP contribution in [-0.4, -0.2) is 23.8 Å². The zero-order chi connectivity index (χ0) is 12.1. The predicted molar refractivity (Wildman–Crippen MR) is 69.8 cm³/mol. The Morgan fingerprint density at radius 3 is 1.94 bits per heavy atom. The van der Waals surface area contributed by atoms with Crippen LogP contribution in [0.4, 0.5) is 0 Å². The Bertz CT molecular complexity index is 262. The van der Waals surface area contributed by atoms with Crippen LogP contribution in [0.3, 0.4) is 0 Å². The number of hydrogen-bond acceptors (Lipinski definition) is 2. The van der Waals surface area contributed by atoms with E-state index < -0.39 is 0 Å². The van der Waals surface area contributed by atoms with Gasteiger partial charge in [-0.05, 0) is 75.5 Å². The summed E-state index contributed by atoms with van der Waals surface area (Å²) in [6.07, 6.45) is 8.91. The molecule has 4 aliphatic carbocycles. The first-order valence-corrected chi connectivity index (χ1v) is 7.36. The van der Waals surface area contributed by atoms with Gasteiger partial charge in [-0.25, -0.2) is 0 Å². The largest absolute Gasteiger partial charge is 0.394 e. The maximum atomic E-state index is 9.34. The minimum atomic E-state index is -0.108. The summed E-state index contributed by atoms with van der Waals surface area (Å²) in [7, 11) is 0. The van der Waals surface area contributed by atoms with E-state index in [0.717, 1.165) is 24.3 Å². The molecular weight excluding hydrogens is 210 g/mol. The van der Waals surface area contributed by atoms with Crippen molar-refractivity contribution < 1.29 is 5.11 Å². The van der Waals surface area contributed by atoms with Gasteiger partial charge in [0.2, 0.25) is 0 Å². The molecule has 0 heterocycles. The summed E-state index contributed by atoms with van der Waals surface area (Å²) in [6, 6.07) is 0. The molecule has 4 aliphatic rings. The van der Waals surface area contributed by atoms with Crippen LogP contribution in [-0.2, 0) is 0 Å². The molecule has 0 unspecified atom stereocenters. The van der Waals surface area contributed by atoms with E-state index in [0.29, 0.717) is 5.41 Å². The molecule has 2 nitrogen and oxygen atoms in total. The van der Waals surface area contributed by atoms with Crippen LogP contribution in [0.1, 0.15) is 52.4 Å². The molecule has 4 saturated carbocycles. The molecule has 0 spiro atoms. The lowest BCUT2D eigenvalue weighted by Crippen LogP contribution is -2.54. The smallest absolute Gasteiger partial charge is 0.0607 e. The van der Waals surface area contributed by atoms with Crippen LogP contribution in [0.25, 0.3) is 0 Å². The van der Waals surface area contributed by atoms with Crippen LogP contribution in [0.15, 0.2) is 0 Å². The van der Waals surface area contributed by atoms with Crippen molar-refractivity contribution in [3.05, 3.63) is 0 Å². The van der Waals surface area contributed by atoms with Crippen molar-refractivity contribution in [2.24, 2.45) is 23.2 Å². The minimum Gasteiger partial charge on any atom is -0.394 e. The summed E-state index contributed by atoms with van der Waals surface area (Å²) in [5, 5.41) is 13.0. The summed E-state index contributed by atoms with van der Waals surface area (Å²) in [4.78, 5) is 0. The zero-order valence-electron chi connectivity index (χ0n) is 11.3. The van der Waals surface area contributed by atoms with Crippen LogP contribution in [0, 0.1) is 23.2 Å². The highest BCUT2D eigenvalue weighted by Gasteiger charge is 2.50. The third-order valence-corrected chi connectivity index (χ3v) is 5.50. The van der Waals surface area contributed by atoms with Crippen LogP contribution < -0.4 is 5.32 Å². The molecule has 0 amide bonds. The fourth-order valence-electron chi connectivity index (χ4n) is 4.99. The Hall–Kier alpha value is -0.0800. The average Bonchev–Trinajstić information content (AvgIpc) is 2.25. The topological polar surface area (TPSA) is 32.3 Å². The minimum absolute atomic E-state index is 0.108. The van der Waals surface area contributed by atoms with Crippen molar-refractivity contribution in [2.75, 3.05) is 13.2 Å². The number of nitrogens with one attached hydrogen (secondary N) is 1. The standard InChI is InChI=1S/C15H27NO/c1-14(2,10-17)16-9-15-6-11-3-12(7-15)5-13(4-11)8-15/h11-13,16-17H,3-10H2,1-2H3. The third kappa shape index (κ3) is 2.26. The zero-order valence-corrected chi connectivity index (χ0v) is 11.3. The van der Waals surface area contributed by atoms with E-state index in [1.54, 1.807) is 0 Å². The third-order valence-electron chi connectivity index (χ3n) is 5.50. The van der Waals surface area contributed by atoms with Crippen molar-refractivity contribution in [3.8, 4) is 0 Å². The first kappa shape index (κ1) is 12.0. The monoisotopic (exact) mass is 237 g/mol. The van der Waals surface area contributed by atoms with Gasteiger partial charge in [-0.15, -0.1) is 0 Å². The van der Waals surface area contributed by atoms with Crippen molar-refractivity contribution >= 4 is 0 Å². The van der Waals surface area contributed by atoms with Gasteiger partial charge in [0.1, 0.15) is 0 Å².